The Kier molecular flexibility index (Phi) is 10.9. The fourth-order valence-corrected chi connectivity index (χ4v) is 3.79. The zero-order chi connectivity index (χ0) is 21.7. The Morgan fingerprint density at radius 2 is 1.78 bits per heavy atom. The van der Waals surface area contributed by atoms with E-state index < -0.39 is 0 Å². The van der Waals surface area contributed by atoms with E-state index in [4.69, 9.17) is 10.7 Å². The molecule has 0 aliphatic rings. The summed E-state index contributed by atoms with van der Waals surface area (Å²) < 4.78 is 0. The van der Waals surface area contributed by atoms with Crippen molar-refractivity contribution in [1.29, 1.82) is 0 Å². The Hall–Kier alpha value is -2.34. The quantitative estimate of drug-likeness (QED) is 0.439. The molecule has 0 aliphatic heterocycles. The second kappa shape index (κ2) is 12.6. The molecule has 0 unspecified atom stereocenters. The smallest absolute Gasteiger partial charge is 0.314 e. The number of nitrogens with one attached hydrogen (secondary N) is 2. The van der Waals surface area contributed by atoms with Gasteiger partial charge >= 0.3 is 6.03 Å². The first-order chi connectivity index (χ1) is 14.4. The molecule has 5 nitrogen and oxygen atoms in total. The average molecular weight is 477 g/mol. The predicted molar refractivity (Wildman–Crippen MR) is 139 cm³/mol. The maximum Gasteiger partial charge on any atom is 0.314 e. The first kappa shape index (κ1) is 27.7. The monoisotopic (exact) mass is 476 g/mol. The number of pyridine rings is 1. The maximum atomic E-state index is 11.4. The molecule has 32 heavy (non-hydrogen) atoms. The summed E-state index contributed by atoms with van der Waals surface area (Å²) in [4.78, 5) is 16.4. The first-order valence-electron chi connectivity index (χ1n) is 10.6. The summed E-state index contributed by atoms with van der Waals surface area (Å²) in [5.74, 6) is 0.501. The number of nitrogens with two attached hydrogens (primary N) is 1. The molecule has 2 aromatic carbocycles. The molecule has 0 atom stereocenters. The molecular weight excluding hydrogens is 443 g/mol. The number of hydrogen-bond acceptors (Lipinski definition) is 3. The summed E-state index contributed by atoms with van der Waals surface area (Å²) in [6.07, 6.45) is 1.65. The van der Waals surface area contributed by atoms with Gasteiger partial charge in [0, 0.05) is 31.2 Å². The number of fused-ring (bicyclic) bond motifs is 1. The molecule has 0 fully saturated rings. The van der Waals surface area contributed by atoms with Crippen LogP contribution in [0.25, 0.3) is 22.0 Å². The number of aryl methyl sites for hydroxylation is 1. The van der Waals surface area contributed by atoms with Gasteiger partial charge < -0.3 is 16.4 Å². The number of carbonyl (C=O) groups is 1. The number of carbonyl (C=O) groups excluding carboxylic acids is 1. The number of rotatable bonds is 7. The van der Waals surface area contributed by atoms with Crippen LogP contribution in [0.5, 0.6) is 0 Å². The van der Waals surface area contributed by atoms with Crippen molar-refractivity contribution in [2.24, 2.45) is 11.7 Å². The number of amides is 2. The molecule has 1 aromatic heterocycles. The van der Waals surface area contributed by atoms with Gasteiger partial charge in [0.1, 0.15) is 0 Å². The summed E-state index contributed by atoms with van der Waals surface area (Å²) in [5.41, 5.74) is 14.2. The van der Waals surface area contributed by atoms with Crippen molar-refractivity contribution >= 4 is 41.7 Å². The molecule has 174 valence electrons. The van der Waals surface area contributed by atoms with Crippen molar-refractivity contribution in [2.45, 2.75) is 40.2 Å². The van der Waals surface area contributed by atoms with Crippen LogP contribution >= 0.6 is 24.8 Å². The highest BCUT2D eigenvalue weighted by Crippen LogP contribution is 2.34. The molecule has 0 aliphatic carbocycles. The highest BCUT2D eigenvalue weighted by molar-refractivity contribution is 5.97. The van der Waals surface area contributed by atoms with Crippen LogP contribution in [0.1, 0.15) is 36.2 Å². The van der Waals surface area contributed by atoms with Crippen LogP contribution in [0.3, 0.4) is 0 Å². The maximum absolute atomic E-state index is 11.4. The van der Waals surface area contributed by atoms with Crippen LogP contribution in [0.2, 0.25) is 0 Å². The molecule has 0 spiro atoms. The predicted octanol–water partition coefficient (Wildman–Crippen LogP) is 5.18. The van der Waals surface area contributed by atoms with E-state index in [1.807, 2.05) is 0 Å². The molecule has 0 saturated carbocycles. The van der Waals surface area contributed by atoms with Gasteiger partial charge in [0.05, 0.1) is 5.52 Å². The average Bonchev–Trinajstić information content (AvgIpc) is 2.73. The highest BCUT2D eigenvalue weighted by Gasteiger charge is 2.17. The van der Waals surface area contributed by atoms with E-state index in [1.54, 1.807) is 7.05 Å². The van der Waals surface area contributed by atoms with E-state index in [-0.39, 0.29) is 30.8 Å². The van der Waals surface area contributed by atoms with Crippen LogP contribution < -0.4 is 16.4 Å². The molecule has 2 amide bonds. The largest absolute Gasteiger partial charge is 0.341 e. The Morgan fingerprint density at radius 1 is 1.09 bits per heavy atom. The van der Waals surface area contributed by atoms with E-state index in [2.05, 4.69) is 73.9 Å². The minimum atomic E-state index is -0.165. The Morgan fingerprint density at radius 3 is 2.38 bits per heavy atom. The van der Waals surface area contributed by atoms with Gasteiger partial charge in [0.2, 0.25) is 0 Å². The van der Waals surface area contributed by atoms with Gasteiger partial charge in [0.15, 0.2) is 0 Å². The van der Waals surface area contributed by atoms with Gasteiger partial charge in [-0.1, -0.05) is 49.7 Å². The fraction of sp³-hybridized carbons (Fsp3) is 0.360. The summed E-state index contributed by atoms with van der Waals surface area (Å²) >= 11 is 0. The van der Waals surface area contributed by atoms with Gasteiger partial charge in [-0.05, 0) is 60.1 Å². The molecule has 1 heterocycles. The van der Waals surface area contributed by atoms with Gasteiger partial charge in [-0.3, -0.25) is 4.98 Å². The third-order valence-electron chi connectivity index (χ3n) is 5.31. The number of hydrogen-bond donors (Lipinski definition) is 3. The third kappa shape index (κ3) is 6.58. The molecule has 0 saturated heterocycles. The van der Waals surface area contributed by atoms with Crippen LogP contribution in [-0.2, 0) is 19.4 Å². The zero-order valence-corrected chi connectivity index (χ0v) is 20.8. The third-order valence-corrected chi connectivity index (χ3v) is 5.31. The number of halogens is 2. The normalized spacial score (nSPS) is 10.4. The molecule has 4 N–H and O–H groups in total. The van der Waals surface area contributed by atoms with E-state index in [0.29, 0.717) is 19.0 Å². The minimum Gasteiger partial charge on any atom is -0.341 e. The van der Waals surface area contributed by atoms with Crippen LogP contribution in [0, 0.1) is 12.8 Å². The number of nitrogens with zero attached hydrogens (tertiary/aromatic N) is 1. The van der Waals surface area contributed by atoms with E-state index >= 15 is 0 Å². The summed E-state index contributed by atoms with van der Waals surface area (Å²) in [6.45, 7) is 7.55. The second-order valence-corrected chi connectivity index (χ2v) is 8.19. The SMILES string of the molecule is CNC(=O)NCCc1ccc2nc(CC(C)C)c(CN)c(-c3ccc(C)cc3)c2c1.Cl.Cl. The number of benzene rings is 2. The summed E-state index contributed by atoms with van der Waals surface area (Å²) in [7, 11) is 1.62. The lowest BCUT2D eigenvalue weighted by Crippen LogP contribution is -2.33. The number of aromatic nitrogens is 1. The van der Waals surface area contributed by atoms with Crippen LogP contribution in [-0.4, -0.2) is 24.6 Å². The molecule has 0 bridgehead atoms. The Balaban J connectivity index is 0.00000256. The van der Waals surface area contributed by atoms with Crippen molar-refractivity contribution in [3.05, 3.63) is 64.8 Å². The van der Waals surface area contributed by atoms with Gasteiger partial charge in [0.25, 0.3) is 0 Å². The lowest BCUT2D eigenvalue weighted by atomic mass is 9.90. The molecule has 3 rings (SSSR count). The van der Waals surface area contributed by atoms with Crippen molar-refractivity contribution in [3.8, 4) is 11.1 Å². The lowest BCUT2D eigenvalue weighted by Gasteiger charge is -2.18. The Labute approximate surface area is 203 Å². The standard InChI is InChI=1S/C25H32N4O.2ClH/c1-16(2)13-23-21(15-26)24(19-8-5-17(3)6-9-19)20-14-18(7-10-22(20)29-23)11-12-28-25(30)27-4;;/h5-10,14,16H,11-13,15,26H2,1-4H3,(H2,27,28,30);2*1H. The first-order valence-corrected chi connectivity index (χ1v) is 10.6. The van der Waals surface area contributed by atoms with Crippen molar-refractivity contribution < 1.29 is 4.79 Å². The van der Waals surface area contributed by atoms with Crippen LogP contribution in [0.15, 0.2) is 42.5 Å². The van der Waals surface area contributed by atoms with Gasteiger partial charge in [-0.25, -0.2) is 4.79 Å². The van der Waals surface area contributed by atoms with E-state index in [0.717, 1.165) is 40.6 Å². The van der Waals surface area contributed by atoms with Crippen molar-refractivity contribution in [2.75, 3.05) is 13.6 Å². The van der Waals surface area contributed by atoms with E-state index in [1.165, 1.54) is 16.7 Å². The summed E-state index contributed by atoms with van der Waals surface area (Å²) in [6, 6.07) is 14.8. The highest BCUT2D eigenvalue weighted by atomic mass is 35.5. The molecule has 0 radical (unpaired) electrons. The van der Waals surface area contributed by atoms with Crippen LogP contribution in [0.4, 0.5) is 4.79 Å². The lowest BCUT2D eigenvalue weighted by molar-refractivity contribution is 0.243. The summed E-state index contributed by atoms with van der Waals surface area (Å²) in [5, 5.41) is 6.54. The second-order valence-electron chi connectivity index (χ2n) is 8.19. The van der Waals surface area contributed by atoms with Crippen molar-refractivity contribution in [3.63, 3.8) is 0 Å². The molecule has 3 aromatic rings. The molecular formula is C25H34Cl2N4O. The minimum absolute atomic E-state index is 0. The van der Waals surface area contributed by atoms with Gasteiger partial charge in [-0.15, -0.1) is 24.8 Å². The van der Waals surface area contributed by atoms with E-state index in [9.17, 15) is 4.79 Å². The van der Waals surface area contributed by atoms with Gasteiger partial charge in [-0.2, -0.15) is 0 Å². The topological polar surface area (TPSA) is 80.0 Å². The number of urea groups is 1. The Bertz CT molecular complexity index is 1040. The zero-order valence-electron chi connectivity index (χ0n) is 19.2. The molecule has 7 heteroatoms. The fourth-order valence-electron chi connectivity index (χ4n) is 3.79. The van der Waals surface area contributed by atoms with Crippen molar-refractivity contribution in [1.82, 2.24) is 15.6 Å².